The van der Waals surface area contributed by atoms with Gasteiger partial charge < -0.3 is 5.11 Å². The van der Waals surface area contributed by atoms with Gasteiger partial charge >= 0.3 is 6.18 Å². The Morgan fingerprint density at radius 1 is 1.17 bits per heavy atom. The maximum absolute atomic E-state index is 12.7. The number of pyridine rings is 1. The molecule has 0 spiro atoms. The predicted molar refractivity (Wildman–Crippen MR) is 81.3 cm³/mol. The van der Waals surface area contributed by atoms with E-state index >= 15 is 0 Å². The van der Waals surface area contributed by atoms with E-state index in [2.05, 4.69) is 15.0 Å². The van der Waals surface area contributed by atoms with E-state index in [-0.39, 0.29) is 5.16 Å². The zero-order valence-electron chi connectivity index (χ0n) is 12.7. The molecule has 0 aliphatic carbocycles. The first kappa shape index (κ1) is 17.5. The van der Waals surface area contributed by atoms with E-state index in [0.717, 1.165) is 41.4 Å². The minimum atomic E-state index is -4.62. The quantitative estimate of drug-likeness (QED) is 0.656. The Morgan fingerprint density at radius 2 is 1.91 bits per heavy atom. The van der Waals surface area contributed by atoms with Crippen molar-refractivity contribution >= 4 is 11.8 Å². The SMILES string of the molecule is CCc1ccnc(CC)c1CSc1nc(O)cc(C(F)(F)F)n1. The Balaban J connectivity index is 2.27. The Hall–Kier alpha value is -1.83. The summed E-state index contributed by atoms with van der Waals surface area (Å²) >= 11 is 1.05. The van der Waals surface area contributed by atoms with Crippen LogP contribution in [0.4, 0.5) is 13.2 Å². The van der Waals surface area contributed by atoms with Crippen molar-refractivity contribution in [1.82, 2.24) is 15.0 Å². The number of aromatic hydroxyl groups is 1. The lowest BCUT2D eigenvalue weighted by Gasteiger charge is -2.12. The van der Waals surface area contributed by atoms with E-state index in [1.165, 1.54) is 0 Å². The second kappa shape index (κ2) is 7.16. The van der Waals surface area contributed by atoms with Gasteiger partial charge in [-0.15, -0.1) is 0 Å². The first-order valence-corrected chi connectivity index (χ1v) is 8.07. The number of rotatable bonds is 5. The molecule has 2 rings (SSSR count). The molecule has 0 aliphatic rings. The third-order valence-corrected chi connectivity index (χ3v) is 4.16. The molecule has 1 N–H and O–H groups in total. The zero-order chi connectivity index (χ0) is 17.0. The van der Waals surface area contributed by atoms with Crippen LogP contribution in [0.15, 0.2) is 23.5 Å². The van der Waals surface area contributed by atoms with Gasteiger partial charge in [0.2, 0.25) is 5.88 Å². The van der Waals surface area contributed by atoms with Gasteiger partial charge in [-0.2, -0.15) is 18.2 Å². The van der Waals surface area contributed by atoms with Gasteiger partial charge in [-0.3, -0.25) is 4.98 Å². The summed E-state index contributed by atoms with van der Waals surface area (Å²) in [7, 11) is 0. The topological polar surface area (TPSA) is 58.9 Å². The van der Waals surface area contributed by atoms with E-state index in [4.69, 9.17) is 0 Å². The highest BCUT2D eigenvalue weighted by molar-refractivity contribution is 7.98. The van der Waals surface area contributed by atoms with Gasteiger partial charge in [0.05, 0.1) is 0 Å². The molecule has 2 heterocycles. The van der Waals surface area contributed by atoms with Crippen molar-refractivity contribution in [3.63, 3.8) is 0 Å². The van der Waals surface area contributed by atoms with Gasteiger partial charge in [0.15, 0.2) is 10.9 Å². The van der Waals surface area contributed by atoms with Crippen molar-refractivity contribution in [3.05, 3.63) is 40.8 Å². The lowest BCUT2D eigenvalue weighted by atomic mass is 10.0. The number of hydrogen-bond donors (Lipinski definition) is 1. The van der Waals surface area contributed by atoms with E-state index in [1.54, 1.807) is 6.20 Å². The number of thioether (sulfide) groups is 1. The van der Waals surface area contributed by atoms with Crippen LogP contribution in [0.3, 0.4) is 0 Å². The molecule has 0 aromatic carbocycles. The smallest absolute Gasteiger partial charge is 0.433 e. The number of aryl methyl sites for hydroxylation is 2. The summed E-state index contributed by atoms with van der Waals surface area (Å²) in [5.74, 6) is -0.284. The number of nitrogens with zero attached hydrogens (tertiary/aromatic N) is 3. The first-order chi connectivity index (χ1) is 10.8. The molecule has 2 aromatic heterocycles. The summed E-state index contributed by atoms with van der Waals surface area (Å²) in [6.45, 7) is 3.98. The standard InChI is InChI=1S/C15H16F3N3OS/c1-3-9-5-6-19-11(4-2)10(9)8-23-14-20-12(15(16,17)18)7-13(22)21-14/h5-7H,3-4,8H2,1-2H3,(H,20,21,22). The molecule has 0 unspecified atom stereocenters. The fourth-order valence-corrected chi connectivity index (χ4v) is 3.10. The Bertz CT molecular complexity index is 670. The minimum absolute atomic E-state index is 0.106. The van der Waals surface area contributed by atoms with Gasteiger partial charge in [-0.05, 0) is 30.0 Å². The molecule has 0 saturated carbocycles. The maximum atomic E-state index is 12.7. The molecule has 124 valence electrons. The second-order valence-corrected chi connectivity index (χ2v) is 5.73. The largest absolute Gasteiger partial charge is 0.493 e. The molecule has 0 radical (unpaired) electrons. The molecule has 0 fully saturated rings. The highest BCUT2D eigenvalue weighted by atomic mass is 32.2. The van der Waals surface area contributed by atoms with Gasteiger partial charge in [0.25, 0.3) is 0 Å². The van der Waals surface area contributed by atoms with Crippen LogP contribution in [0, 0.1) is 0 Å². The molecule has 8 heteroatoms. The number of hydrogen-bond acceptors (Lipinski definition) is 5. The highest BCUT2D eigenvalue weighted by Crippen LogP contribution is 2.32. The number of halogens is 3. The van der Waals surface area contributed by atoms with Gasteiger partial charge in [-0.25, -0.2) is 4.98 Å². The van der Waals surface area contributed by atoms with Crippen LogP contribution in [0.25, 0.3) is 0 Å². The fraction of sp³-hybridized carbons (Fsp3) is 0.400. The molecule has 0 amide bonds. The van der Waals surface area contributed by atoms with Crippen molar-refractivity contribution in [2.75, 3.05) is 0 Å². The zero-order valence-corrected chi connectivity index (χ0v) is 13.5. The van der Waals surface area contributed by atoms with Gasteiger partial charge in [-0.1, -0.05) is 25.6 Å². The Labute approximate surface area is 136 Å². The van der Waals surface area contributed by atoms with Crippen molar-refractivity contribution in [1.29, 1.82) is 0 Å². The summed E-state index contributed by atoms with van der Waals surface area (Å²) in [6.07, 6.45) is -1.34. The molecule has 0 bridgehead atoms. The normalized spacial score (nSPS) is 11.7. The average Bonchev–Trinajstić information content (AvgIpc) is 2.51. The van der Waals surface area contributed by atoms with Crippen molar-refractivity contribution in [3.8, 4) is 5.88 Å². The molecular formula is C15H16F3N3OS. The number of alkyl halides is 3. The van der Waals surface area contributed by atoms with Crippen LogP contribution in [0.2, 0.25) is 0 Å². The third-order valence-electron chi connectivity index (χ3n) is 3.29. The fourth-order valence-electron chi connectivity index (χ4n) is 2.15. The molecule has 23 heavy (non-hydrogen) atoms. The molecule has 4 nitrogen and oxygen atoms in total. The van der Waals surface area contributed by atoms with Crippen LogP contribution in [-0.4, -0.2) is 20.1 Å². The Kier molecular flexibility index (Phi) is 5.46. The van der Waals surface area contributed by atoms with Crippen LogP contribution in [0.5, 0.6) is 5.88 Å². The lowest BCUT2D eigenvalue weighted by molar-refractivity contribution is -0.141. The number of aromatic nitrogens is 3. The van der Waals surface area contributed by atoms with Crippen LogP contribution in [-0.2, 0) is 24.8 Å². The predicted octanol–water partition coefficient (Wildman–Crippen LogP) is 4.01. The van der Waals surface area contributed by atoms with Crippen molar-refractivity contribution in [2.45, 2.75) is 43.8 Å². The van der Waals surface area contributed by atoms with E-state index in [0.29, 0.717) is 11.8 Å². The van der Waals surface area contributed by atoms with Crippen LogP contribution >= 0.6 is 11.8 Å². The summed E-state index contributed by atoms with van der Waals surface area (Å²) in [5.41, 5.74) is 1.85. The lowest BCUT2D eigenvalue weighted by Crippen LogP contribution is -2.09. The van der Waals surface area contributed by atoms with Crippen LogP contribution in [0.1, 0.15) is 36.4 Å². The minimum Gasteiger partial charge on any atom is -0.493 e. The van der Waals surface area contributed by atoms with Crippen molar-refractivity contribution < 1.29 is 18.3 Å². The van der Waals surface area contributed by atoms with E-state index < -0.39 is 17.8 Å². The molecular weight excluding hydrogens is 327 g/mol. The maximum Gasteiger partial charge on any atom is 0.433 e. The molecule has 2 aromatic rings. The van der Waals surface area contributed by atoms with Gasteiger partial charge in [0, 0.05) is 23.7 Å². The summed E-state index contributed by atoms with van der Waals surface area (Å²) in [6, 6.07) is 2.42. The van der Waals surface area contributed by atoms with Crippen molar-refractivity contribution in [2.24, 2.45) is 0 Å². The second-order valence-electron chi connectivity index (χ2n) is 4.78. The van der Waals surface area contributed by atoms with E-state index in [9.17, 15) is 18.3 Å². The molecule has 0 saturated heterocycles. The third kappa shape index (κ3) is 4.34. The van der Waals surface area contributed by atoms with E-state index in [1.807, 2.05) is 19.9 Å². The summed E-state index contributed by atoms with van der Waals surface area (Å²) in [4.78, 5) is 11.4. The summed E-state index contributed by atoms with van der Waals surface area (Å²) < 4.78 is 38.2. The monoisotopic (exact) mass is 343 g/mol. The van der Waals surface area contributed by atoms with Gasteiger partial charge in [0.1, 0.15) is 0 Å². The van der Waals surface area contributed by atoms with Crippen LogP contribution < -0.4 is 0 Å². The molecule has 0 atom stereocenters. The average molecular weight is 343 g/mol. The first-order valence-electron chi connectivity index (χ1n) is 7.08. The Morgan fingerprint density at radius 3 is 2.52 bits per heavy atom. The summed E-state index contributed by atoms with van der Waals surface area (Å²) in [5, 5.41) is 9.27. The molecule has 0 aliphatic heterocycles. The highest BCUT2D eigenvalue weighted by Gasteiger charge is 2.33.